The number of hydrogen-bond acceptors (Lipinski definition) is 6. The zero-order valence-corrected chi connectivity index (χ0v) is 21.1. The van der Waals surface area contributed by atoms with Gasteiger partial charge in [-0.25, -0.2) is 8.42 Å². The second-order valence-electron chi connectivity index (χ2n) is 9.89. The number of fused-ring (bicyclic) bond motifs is 1. The van der Waals surface area contributed by atoms with Gasteiger partial charge in [0.05, 0.1) is 45.8 Å². The van der Waals surface area contributed by atoms with E-state index in [0.29, 0.717) is 25.1 Å². The van der Waals surface area contributed by atoms with Crippen LogP contribution in [0.1, 0.15) is 51.1 Å². The van der Waals surface area contributed by atoms with Crippen molar-refractivity contribution in [2.24, 2.45) is 5.92 Å². The molecule has 2 atom stereocenters. The summed E-state index contributed by atoms with van der Waals surface area (Å²) in [5.74, 6) is -2.31. The SMILES string of the molecule is O=C(NCc1ccccc1C(F)(F)F)[C@H]1CCCN(c2cccc3c2C(=O)N([C@H]2CCS(=O)(=O)C2)C3=O)C1. The number of sulfone groups is 1. The van der Waals surface area contributed by atoms with Gasteiger partial charge in [0.1, 0.15) is 0 Å². The molecule has 0 aromatic heterocycles. The highest BCUT2D eigenvalue weighted by atomic mass is 32.2. The molecule has 3 aliphatic rings. The maximum absolute atomic E-state index is 13.4. The van der Waals surface area contributed by atoms with Gasteiger partial charge in [0.25, 0.3) is 11.8 Å². The molecule has 3 heterocycles. The van der Waals surface area contributed by atoms with Crippen LogP contribution >= 0.6 is 0 Å². The Hall–Kier alpha value is -3.41. The van der Waals surface area contributed by atoms with Crippen molar-refractivity contribution in [3.8, 4) is 0 Å². The number of hydrogen-bond donors (Lipinski definition) is 1. The van der Waals surface area contributed by atoms with Gasteiger partial charge >= 0.3 is 6.18 Å². The highest BCUT2D eigenvalue weighted by molar-refractivity contribution is 7.91. The van der Waals surface area contributed by atoms with E-state index in [1.165, 1.54) is 24.3 Å². The van der Waals surface area contributed by atoms with Gasteiger partial charge in [0, 0.05) is 19.6 Å². The molecule has 8 nitrogen and oxygen atoms in total. The first-order valence-corrected chi connectivity index (χ1v) is 14.2. The lowest BCUT2D eigenvalue weighted by Gasteiger charge is -2.34. The van der Waals surface area contributed by atoms with E-state index in [0.717, 1.165) is 11.0 Å². The number of nitrogens with zero attached hydrogens (tertiary/aromatic N) is 2. The van der Waals surface area contributed by atoms with Crippen molar-refractivity contribution in [1.82, 2.24) is 10.2 Å². The van der Waals surface area contributed by atoms with Crippen molar-refractivity contribution in [2.45, 2.75) is 38.0 Å². The van der Waals surface area contributed by atoms with Crippen LogP contribution < -0.4 is 10.2 Å². The molecular formula is C26H26F3N3O5S. The number of halogens is 3. The number of piperidine rings is 1. The standard InChI is InChI=1S/C26H26F3N3O5S/c27-26(28,29)20-8-2-1-5-16(20)13-30-23(33)17-6-4-11-31(14-17)21-9-3-7-19-22(21)25(35)32(24(19)34)18-10-12-38(36,37)15-18/h1-3,5,7-9,17-18H,4,6,10-15H2,(H,30,33)/t17-,18-/m0/s1. The van der Waals surface area contributed by atoms with Crippen molar-refractivity contribution in [2.75, 3.05) is 29.5 Å². The zero-order chi connectivity index (χ0) is 27.2. The Kier molecular flexibility index (Phi) is 6.70. The molecule has 202 valence electrons. The summed E-state index contributed by atoms with van der Waals surface area (Å²) in [7, 11) is -3.31. The number of alkyl halides is 3. The molecule has 0 unspecified atom stereocenters. The molecule has 0 aliphatic carbocycles. The van der Waals surface area contributed by atoms with Gasteiger partial charge < -0.3 is 10.2 Å². The Morgan fingerprint density at radius 2 is 1.79 bits per heavy atom. The molecule has 0 radical (unpaired) electrons. The van der Waals surface area contributed by atoms with E-state index in [9.17, 15) is 36.0 Å². The first kappa shape index (κ1) is 26.2. The van der Waals surface area contributed by atoms with Crippen LogP contribution in [-0.2, 0) is 27.4 Å². The van der Waals surface area contributed by atoms with Crippen LogP contribution in [-0.4, -0.2) is 61.7 Å². The lowest BCUT2D eigenvalue weighted by atomic mass is 9.95. The molecule has 2 aromatic carbocycles. The minimum absolute atomic E-state index is 0.0278. The lowest BCUT2D eigenvalue weighted by molar-refractivity contribution is -0.138. The number of imide groups is 1. The summed E-state index contributed by atoms with van der Waals surface area (Å²) in [6.07, 6.45) is -3.20. The number of amides is 3. The quantitative estimate of drug-likeness (QED) is 0.576. The fourth-order valence-electron chi connectivity index (χ4n) is 5.55. The number of carbonyl (C=O) groups excluding carboxylic acids is 3. The largest absolute Gasteiger partial charge is 0.416 e. The molecule has 12 heteroatoms. The van der Waals surface area contributed by atoms with E-state index in [4.69, 9.17) is 0 Å². The van der Waals surface area contributed by atoms with Crippen molar-refractivity contribution in [3.63, 3.8) is 0 Å². The monoisotopic (exact) mass is 549 g/mol. The molecule has 2 fully saturated rings. The Labute approximate surface area is 217 Å². The van der Waals surface area contributed by atoms with Gasteiger partial charge in [-0.15, -0.1) is 0 Å². The van der Waals surface area contributed by atoms with Crippen molar-refractivity contribution < 1.29 is 36.0 Å². The van der Waals surface area contributed by atoms with Gasteiger partial charge in [-0.3, -0.25) is 19.3 Å². The molecule has 2 saturated heterocycles. The van der Waals surface area contributed by atoms with Crippen molar-refractivity contribution >= 4 is 33.2 Å². The molecular weight excluding hydrogens is 523 g/mol. The average Bonchev–Trinajstić information content (AvgIpc) is 3.37. The summed E-state index contributed by atoms with van der Waals surface area (Å²) in [5.41, 5.74) is 0.0615. The molecule has 0 bridgehead atoms. The number of rotatable bonds is 5. The fraction of sp³-hybridized carbons (Fsp3) is 0.423. The summed E-state index contributed by atoms with van der Waals surface area (Å²) in [6, 6.07) is 9.25. The molecule has 0 spiro atoms. The van der Waals surface area contributed by atoms with E-state index >= 15 is 0 Å². The van der Waals surface area contributed by atoms with E-state index in [1.807, 2.05) is 4.90 Å². The average molecular weight is 550 g/mol. The third-order valence-corrected chi connectivity index (χ3v) is 9.16. The fourth-order valence-corrected chi connectivity index (χ4v) is 7.25. The van der Waals surface area contributed by atoms with Gasteiger partial charge in [-0.2, -0.15) is 13.2 Å². The van der Waals surface area contributed by atoms with Crippen LogP contribution in [0.2, 0.25) is 0 Å². The van der Waals surface area contributed by atoms with Crippen LogP contribution in [0.3, 0.4) is 0 Å². The Bertz CT molecular complexity index is 1410. The zero-order valence-electron chi connectivity index (χ0n) is 20.3. The Morgan fingerprint density at radius 3 is 2.50 bits per heavy atom. The third-order valence-electron chi connectivity index (χ3n) is 7.41. The number of anilines is 1. The van der Waals surface area contributed by atoms with Gasteiger partial charge in [0.15, 0.2) is 9.84 Å². The minimum atomic E-state index is -4.53. The van der Waals surface area contributed by atoms with Crippen LogP contribution in [0.5, 0.6) is 0 Å². The summed E-state index contributed by atoms with van der Waals surface area (Å²) in [5, 5.41) is 2.62. The maximum atomic E-state index is 13.4. The topological polar surface area (TPSA) is 104 Å². The molecule has 5 rings (SSSR count). The Morgan fingerprint density at radius 1 is 1.03 bits per heavy atom. The second-order valence-corrected chi connectivity index (χ2v) is 12.1. The second kappa shape index (κ2) is 9.72. The van der Waals surface area contributed by atoms with Crippen LogP contribution in [0.15, 0.2) is 42.5 Å². The third kappa shape index (κ3) is 4.89. The highest BCUT2D eigenvalue weighted by Gasteiger charge is 2.46. The molecule has 2 aromatic rings. The molecule has 38 heavy (non-hydrogen) atoms. The first-order chi connectivity index (χ1) is 18.0. The summed E-state index contributed by atoms with van der Waals surface area (Å²) >= 11 is 0. The predicted octanol–water partition coefficient (Wildman–Crippen LogP) is 3.02. The van der Waals surface area contributed by atoms with Crippen LogP contribution in [0, 0.1) is 5.92 Å². The van der Waals surface area contributed by atoms with E-state index < -0.39 is 45.4 Å². The molecule has 3 amide bonds. The first-order valence-electron chi connectivity index (χ1n) is 12.4. The number of nitrogens with one attached hydrogen (secondary N) is 1. The number of benzene rings is 2. The predicted molar refractivity (Wildman–Crippen MR) is 132 cm³/mol. The smallest absolute Gasteiger partial charge is 0.370 e. The summed E-state index contributed by atoms with van der Waals surface area (Å²) in [6.45, 7) is 0.483. The molecule has 0 saturated carbocycles. The van der Waals surface area contributed by atoms with Crippen LogP contribution in [0.4, 0.5) is 18.9 Å². The van der Waals surface area contributed by atoms with Crippen LogP contribution in [0.25, 0.3) is 0 Å². The van der Waals surface area contributed by atoms with Crippen molar-refractivity contribution in [3.05, 3.63) is 64.7 Å². The molecule has 3 aliphatic heterocycles. The summed E-state index contributed by atoms with van der Waals surface area (Å²) in [4.78, 5) is 42.3. The summed E-state index contributed by atoms with van der Waals surface area (Å²) < 4.78 is 63.8. The lowest BCUT2D eigenvalue weighted by Crippen LogP contribution is -2.44. The van der Waals surface area contributed by atoms with Gasteiger partial charge in [-0.05, 0) is 43.0 Å². The van der Waals surface area contributed by atoms with Crippen molar-refractivity contribution in [1.29, 1.82) is 0 Å². The van der Waals surface area contributed by atoms with Gasteiger partial charge in [0.2, 0.25) is 5.91 Å². The van der Waals surface area contributed by atoms with E-state index in [2.05, 4.69) is 5.32 Å². The molecule has 1 N–H and O–H groups in total. The highest BCUT2D eigenvalue weighted by Crippen LogP contribution is 2.37. The van der Waals surface area contributed by atoms with E-state index in [1.54, 1.807) is 12.1 Å². The number of carbonyl (C=O) groups is 3. The maximum Gasteiger partial charge on any atom is 0.416 e. The Balaban J connectivity index is 1.31. The van der Waals surface area contributed by atoms with E-state index in [-0.39, 0.29) is 53.6 Å². The van der Waals surface area contributed by atoms with Gasteiger partial charge in [-0.1, -0.05) is 24.3 Å². The minimum Gasteiger partial charge on any atom is -0.370 e. The normalized spacial score (nSPS) is 23.0.